The Labute approximate surface area is 129 Å². The number of ketones is 1. The first-order valence-corrected chi connectivity index (χ1v) is 7.34. The van der Waals surface area contributed by atoms with E-state index in [2.05, 4.69) is 5.10 Å². The van der Waals surface area contributed by atoms with Crippen LogP contribution in [0.3, 0.4) is 0 Å². The van der Waals surface area contributed by atoms with Crippen LogP contribution in [-0.2, 0) is 24.7 Å². The molecule has 4 nitrogen and oxygen atoms in total. The number of ether oxygens (including phenoxy) is 1. The number of carbonyl (C=O) groups excluding carboxylic acids is 1. The van der Waals surface area contributed by atoms with Crippen molar-refractivity contribution in [3.63, 3.8) is 0 Å². The lowest BCUT2D eigenvalue weighted by Gasteiger charge is -2.13. The largest absolute Gasteiger partial charge is 0.483 e. The quantitative estimate of drug-likeness (QED) is 0.823. The fourth-order valence-corrected chi connectivity index (χ4v) is 2.22. The Hall–Kier alpha value is -1.81. The molecule has 1 heterocycles. The highest BCUT2D eigenvalue weighted by Crippen LogP contribution is 2.19. The van der Waals surface area contributed by atoms with Gasteiger partial charge in [-0.25, -0.2) is 0 Å². The smallest absolute Gasteiger partial charge is 0.178 e. The maximum absolute atomic E-state index is 12.3. The van der Waals surface area contributed by atoms with Crippen molar-refractivity contribution < 1.29 is 9.53 Å². The predicted octanol–water partition coefficient (Wildman–Crippen LogP) is 3.22. The van der Waals surface area contributed by atoms with Gasteiger partial charge in [-0.15, -0.1) is 0 Å². The lowest BCUT2D eigenvalue weighted by molar-refractivity contribution is -0.124. The number of Topliss-reactive ketones (excluding diaryl/α,β-unsaturated/α-hetero) is 1. The van der Waals surface area contributed by atoms with Crippen LogP contribution in [0.25, 0.3) is 0 Å². The van der Waals surface area contributed by atoms with Crippen LogP contribution < -0.4 is 4.74 Å². The Morgan fingerprint density at radius 2 is 2.19 bits per heavy atom. The number of nitrogens with zero attached hydrogens (tertiary/aromatic N) is 2. The summed E-state index contributed by atoms with van der Waals surface area (Å²) in [6.07, 6.45) is 0.644. The number of aromatic nitrogens is 2. The molecule has 1 aromatic heterocycles. The van der Waals surface area contributed by atoms with Gasteiger partial charge < -0.3 is 4.74 Å². The van der Waals surface area contributed by atoms with E-state index in [1.165, 1.54) is 0 Å². The zero-order valence-electron chi connectivity index (χ0n) is 12.5. The minimum atomic E-state index is -0.525. The number of rotatable bonds is 6. The van der Waals surface area contributed by atoms with E-state index in [4.69, 9.17) is 16.3 Å². The summed E-state index contributed by atoms with van der Waals surface area (Å²) in [5.41, 5.74) is 1.89. The highest BCUT2D eigenvalue weighted by Gasteiger charge is 2.17. The van der Waals surface area contributed by atoms with Crippen molar-refractivity contribution in [3.05, 3.63) is 46.7 Å². The summed E-state index contributed by atoms with van der Waals surface area (Å²) < 4.78 is 7.39. The Balaban J connectivity index is 2.00. The van der Waals surface area contributed by atoms with Gasteiger partial charge in [0.25, 0.3) is 0 Å². The highest BCUT2D eigenvalue weighted by atomic mass is 35.5. The van der Waals surface area contributed by atoms with Crippen LogP contribution in [0.2, 0.25) is 5.02 Å². The monoisotopic (exact) mass is 306 g/mol. The fraction of sp³-hybridized carbons (Fsp3) is 0.375. The molecule has 0 bridgehead atoms. The molecule has 1 atom stereocenters. The summed E-state index contributed by atoms with van der Waals surface area (Å²) in [6.45, 7) is 3.79. The van der Waals surface area contributed by atoms with E-state index in [1.807, 2.05) is 20.0 Å². The number of halogens is 1. The van der Waals surface area contributed by atoms with Gasteiger partial charge in [-0.05, 0) is 37.6 Å². The van der Waals surface area contributed by atoms with Gasteiger partial charge in [0.2, 0.25) is 0 Å². The average Bonchev–Trinajstić information content (AvgIpc) is 2.79. The number of aryl methyl sites for hydroxylation is 2. The molecule has 0 saturated carbocycles. The van der Waals surface area contributed by atoms with Crippen LogP contribution in [0.5, 0.6) is 5.75 Å². The van der Waals surface area contributed by atoms with Gasteiger partial charge in [-0.2, -0.15) is 5.10 Å². The van der Waals surface area contributed by atoms with Crippen molar-refractivity contribution in [1.82, 2.24) is 9.78 Å². The molecular formula is C16H19ClN2O2. The maximum atomic E-state index is 12.3. The first-order valence-electron chi connectivity index (χ1n) is 6.96. The molecule has 0 spiro atoms. The van der Waals surface area contributed by atoms with E-state index in [9.17, 15) is 4.79 Å². The lowest BCUT2D eigenvalue weighted by atomic mass is 10.1. The summed E-state index contributed by atoms with van der Waals surface area (Å²) in [6, 6.07) is 9.01. The lowest BCUT2D eigenvalue weighted by Crippen LogP contribution is -2.26. The minimum Gasteiger partial charge on any atom is -0.483 e. The van der Waals surface area contributed by atoms with Crippen LogP contribution in [-0.4, -0.2) is 21.7 Å². The molecule has 5 heteroatoms. The third-order valence-electron chi connectivity index (χ3n) is 3.31. The van der Waals surface area contributed by atoms with Crippen molar-refractivity contribution in [2.24, 2.45) is 7.05 Å². The van der Waals surface area contributed by atoms with Crippen LogP contribution in [0, 0.1) is 0 Å². The van der Waals surface area contributed by atoms with Crippen molar-refractivity contribution in [2.75, 3.05) is 0 Å². The fourth-order valence-electron chi connectivity index (χ4n) is 2.04. The molecule has 0 fully saturated rings. The molecule has 1 aromatic carbocycles. The first-order chi connectivity index (χ1) is 9.99. The van der Waals surface area contributed by atoms with E-state index in [0.29, 0.717) is 17.2 Å². The summed E-state index contributed by atoms with van der Waals surface area (Å²) in [4.78, 5) is 12.3. The second-order valence-electron chi connectivity index (χ2n) is 4.96. The molecule has 0 saturated heterocycles. The minimum absolute atomic E-state index is 0.0145. The molecule has 1 unspecified atom stereocenters. The van der Waals surface area contributed by atoms with Crippen molar-refractivity contribution in [3.8, 4) is 5.75 Å². The molecule has 0 amide bonds. The molecule has 0 aliphatic heterocycles. The Kier molecular flexibility index (Phi) is 5.02. The van der Waals surface area contributed by atoms with Crippen molar-refractivity contribution in [1.29, 1.82) is 0 Å². The van der Waals surface area contributed by atoms with E-state index < -0.39 is 6.10 Å². The van der Waals surface area contributed by atoms with Gasteiger partial charge >= 0.3 is 0 Å². The van der Waals surface area contributed by atoms with E-state index >= 15 is 0 Å². The zero-order valence-corrected chi connectivity index (χ0v) is 13.2. The average molecular weight is 307 g/mol. The summed E-state index contributed by atoms with van der Waals surface area (Å²) in [7, 11) is 1.85. The third-order valence-corrected chi connectivity index (χ3v) is 3.54. The van der Waals surface area contributed by atoms with Crippen LogP contribution in [0.4, 0.5) is 0 Å². The van der Waals surface area contributed by atoms with E-state index in [0.717, 1.165) is 17.8 Å². The zero-order chi connectivity index (χ0) is 15.4. The van der Waals surface area contributed by atoms with Crippen LogP contribution >= 0.6 is 11.6 Å². The summed E-state index contributed by atoms with van der Waals surface area (Å²) in [5.74, 6) is 0.614. The summed E-state index contributed by atoms with van der Waals surface area (Å²) >= 11 is 5.90. The number of carbonyl (C=O) groups is 1. The standard InChI is InChI=1S/C16H19ClN2O2/c1-4-13-9-14(19(3)18-13)10-16(20)11(2)21-15-7-5-6-12(17)8-15/h5-9,11H,4,10H2,1-3H3. The number of hydrogen-bond donors (Lipinski definition) is 0. The van der Waals surface area contributed by atoms with Gasteiger partial charge in [0, 0.05) is 17.8 Å². The van der Waals surface area contributed by atoms with Gasteiger partial charge in [0.15, 0.2) is 11.9 Å². The van der Waals surface area contributed by atoms with E-state index in [-0.39, 0.29) is 5.78 Å². The SMILES string of the molecule is CCc1cc(CC(=O)C(C)Oc2cccc(Cl)c2)n(C)n1. The molecular weight excluding hydrogens is 288 g/mol. The number of benzene rings is 1. The molecule has 112 valence electrons. The van der Waals surface area contributed by atoms with Gasteiger partial charge in [0.05, 0.1) is 12.1 Å². The Morgan fingerprint density at radius 1 is 1.43 bits per heavy atom. The molecule has 2 aromatic rings. The van der Waals surface area contributed by atoms with Crippen molar-refractivity contribution in [2.45, 2.75) is 32.8 Å². The van der Waals surface area contributed by atoms with Gasteiger partial charge in [-0.1, -0.05) is 24.6 Å². The molecule has 0 radical (unpaired) electrons. The second kappa shape index (κ2) is 6.76. The molecule has 0 aliphatic carbocycles. The Bertz CT molecular complexity index is 637. The van der Waals surface area contributed by atoms with Crippen molar-refractivity contribution >= 4 is 17.4 Å². The normalized spacial score (nSPS) is 12.2. The molecule has 0 N–H and O–H groups in total. The predicted molar refractivity (Wildman–Crippen MR) is 82.8 cm³/mol. The number of hydrogen-bond acceptors (Lipinski definition) is 3. The summed E-state index contributed by atoms with van der Waals surface area (Å²) in [5, 5.41) is 4.93. The van der Waals surface area contributed by atoms with Gasteiger partial charge in [-0.3, -0.25) is 9.48 Å². The van der Waals surface area contributed by atoms with Gasteiger partial charge in [0.1, 0.15) is 5.75 Å². The first kappa shape index (κ1) is 15.6. The molecule has 2 rings (SSSR count). The van der Waals surface area contributed by atoms with Crippen LogP contribution in [0.1, 0.15) is 25.2 Å². The second-order valence-corrected chi connectivity index (χ2v) is 5.40. The topological polar surface area (TPSA) is 44.1 Å². The Morgan fingerprint density at radius 3 is 2.81 bits per heavy atom. The molecule has 21 heavy (non-hydrogen) atoms. The highest BCUT2D eigenvalue weighted by molar-refractivity contribution is 6.30. The van der Waals surface area contributed by atoms with Crippen LogP contribution in [0.15, 0.2) is 30.3 Å². The van der Waals surface area contributed by atoms with E-state index in [1.54, 1.807) is 35.9 Å². The third kappa shape index (κ3) is 4.08. The molecule has 0 aliphatic rings. The maximum Gasteiger partial charge on any atom is 0.178 e.